The summed E-state index contributed by atoms with van der Waals surface area (Å²) in [7, 11) is 4.32. The molecule has 1 atom stereocenters. The Hall–Kier alpha value is -1.41. The number of ketones is 2. The van der Waals surface area contributed by atoms with Crippen LogP contribution in [0.1, 0.15) is 30.1 Å². The number of carbonyl (C=O) groups excluding carboxylic acids is 2. The third kappa shape index (κ3) is 4.21. The molecule has 0 radical (unpaired) electrons. The molecule has 27 heavy (non-hydrogen) atoms. The van der Waals surface area contributed by atoms with Gasteiger partial charge in [-0.15, -0.1) is 11.8 Å². The van der Waals surface area contributed by atoms with Crippen molar-refractivity contribution in [3.63, 3.8) is 0 Å². The molecule has 1 aromatic rings. The molecule has 0 bridgehead atoms. The van der Waals surface area contributed by atoms with Gasteiger partial charge in [0.15, 0.2) is 23.0 Å². The molecule has 1 aromatic carbocycles. The minimum Gasteiger partial charge on any atom is -0.494 e. The summed E-state index contributed by atoms with van der Waals surface area (Å²) in [4.78, 5) is 25.7. The summed E-state index contributed by atoms with van der Waals surface area (Å²) >= 11 is 13.8. The molecule has 0 amide bonds. The Bertz CT molecular complexity index is 806. The molecule has 0 aromatic heterocycles. The summed E-state index contributed by atoms with van der Waals surface area (Å²) in [5.41, 5.74) is 0.118. The van der Waals surface area contributed by atoms with Gasteiger partial charge in [0.25, 0.3) is 0 Å². The quantitative estimate of drug-likeness (QED) is 0.555. The summed E-state index contributed by atoms with van der Waals surface area (Å²) in [6, 6.07) is 0. The Morgan fingerprint density at radius 3 is 2.30 bits per heavy atom. The third-order valence-corrected chi connectivity index (χ3v) is 5.58. The van der Waals surface area contributed by atoms with Crippen molar-refractivity contribution in [3.05, 3.63) is 26.3 Å². The number of fused-ring (bicyclic) bond motifs is 1. The smallest absolute Gasteiger partial charge is 0.236 e. The third-order valence-electron chi connectivity index (χ3n) is 4.07. The number of rotatable bonds is 8. The van der Waals surface area contributed by atoms with Crippen molar-refractivity contribution in [1.82, 2.24) is 0 Å². The van der Waals surface area contributed by atoms with Gasteiger partial charge in [-0.2, -0.15) is 0 Å². The number of ether oxygens (including phenoxy) is 4. The fourth-order valence-corrected chi connectivity index (χ4v) is 3.97. The van der Waals surface area contributed by atoms with Gasteiger partial charge in [0, 0.05) is 24.9 Å². The predicted octanol–water partition coefficient (Wildman–Crippen LogP) is 4.54. The number of allylic oxidation sites excluding steroid dienone is 2. The van der Waals surface area contributed by atoms with Gasteiger partial charge >= 0.3 is 0 Å². The fourth-order valence-electron chi connectivity index (χ4n) is 2.64. The molecule has 1 unspecified atom stereocenters. The van der Waals surface area contributed by atoms with Gasteiger partial charge in [0.2, 0.25) is 5.78 Å². The van der Waals surface area contributed by atoms with Crippen LogP contribution in [-0.2, 0) is 9.53 Å². The highest BCUT2D eigenvalue weighted by Gasteiger charge is 2.39. The molecule has 0 aliphatic carbocycles. The Balaban J connectivity index is 2.49. The zero-order chi connectivity index (χ0) is 20.3. The normalized spacial score (nSPS) is 15.9. The van der Waals surface area contributed by atoms with Gasteiger partial charge < -0.3 is 18.9 Å². The number of halogens is 2. The van der Waals surface area contributed by atoms with E-state index in [4.69, 9.17) is 42.1 Å². The van der Waals surface area contributed by atoms with Crippen LogP contribution in [0.2, 0.25) is 10.0 Å². The summed E-state index contributed by atoms with van der Waals surface area (Å²) in [5.74, 6) is -0.0849. The molecule has 2 rings (SSSR count). The van der Waals surface area contributed by atoms with Crippen molar-refractivity contribution in [1.29, 1.82) is 0 Å². The maximum Gasteiger partial charge on any atom is 0.236 e. The number of carbonyl (C=O) groups is 2. The van der Waals surface area contributed by atoms with Crippen LogP contribution in [0.3, 0.4) is 0 Å². The second-order valence-corrected chi connectivity index (χ2v) is 7.41. The number of hydrogen-bond acceptors (Lipinski definition) is 7. The molecule has 0 fully saturated rings. The zero-order valence-corrected chi connectivity index (χ0v) is 17.9. The van der Waals surface area contributed by atoms with E-state index < -0.39 is 5.78 Å². The van der Waals surface area contributed by atoms with Crippen LogP contribution in [0, 0.1) is 0 Å². The van der Waals surface area contributed by atoms with Crippen LogP contribution in [0.15, 0.2) is 10.7 Å². The van der Waals surface area contributed by atoms with E-state index in [2.05, 4.69) is 0 Å². The topological polar surface area (TPSA) is 71.1 Å². The van der Waals surface area contributed by atoms with Gasteiger partial charge in [-0.1, -0.05) is 23.2 Å². The van der Waals surface area contributed by atoms with E-state index in [1.54, 1.807) is 13.2 Å². The van der Waals surface area contributed by atoms with Crippen LogP contribution in [0.25, 0.3) is 0 Å². The minimum atomic E-state index is -0.440. The maximum atomic E-state index is 13.0. The molecule has 0 N–H and O–H groups in total. The van der Waals surface area contributed by atoms with Crippen LogP contribution >= 0.6 is 35.0 Å². The fraction of sp³-hybridized carbons (Fsp3) is 0.444. The number of thioether (sulfide) groups is 1. The molecular formula is C18H20Cl2O6S. The van der Waals surface area contributed by atoms with Gasteiger partial charge in [0.1, 0.15) is 21.4 Å². The zero-order valence-electron chi connectivity index (χ0n) is 15.6. The average Bonchev–Trinajstić information content (AvgIpc) is 2.98. The molecule has 1 heterocycles. The van der Waals surface area contributed by atoms with E-state index >= 15 is 0 Å². The Morgan fingerprint density at radius 2 is 1.78 bits per heavy atom. The lowest BCUT2D eigenvalue weighted by atomic mass is 10.1. The van der Waals surface area contributed by atoms with E-state index in [0.29, 0.717) is 4.91 Å². The average molecular weight is 435 g/mol. The van der Waals surface area contributed by atoms with Crippen molar-refractivity contribution >= 4 is 46.5 Å². The largest absolute Gasteiger partial charge is 0.494 e. The lowest BCUT2D eigenvalue weighted by molar-refractivity contribution is -0.120. The molecule has 148 valence electrons. The molecule has 0 saturated carbocycles. The molecule has 0 saturated heterocycles. The molecule has 0 spiro atoms. The summed E-state index contributed by atoms with van der Waals surface area (Å²) in [6.07, 6.45) is 1.84. The number of methoxy groups -OCH3 is 3. The van der Waals surface area contributed by atoms with Crippen molar-refractivity contribution in [3.8, 4) is 17.2 Å². The SMILES string of the molecule is COc1c(Cl)c(OC)c2c(c1Cl)O/C(=C(\CC(=O)CC(C)OC)SC)C2=O. The Morgan fingerprint density at radius 1 is 1.15 bits per heavy atom. The van der Waals surface area contributed by atoms with Gasteiger partial charge in [-0.3, -0.25) is 9.59 Å². The second-order valence-electron chi connectivity index (χ2n) is 5.75. The standard InChI is InChI=1S/C18H20Cl2O6S/c1-8(23-2)6-9(21)7-10(27-5)15-14(22)11-16(24-3)12(19)18(25-4)13(20)17(11)26-15/h8H,6-7H2,1-5H3/b15-10+. The van der Waals surface area contributed by atoms with E-state index in [1.807, 2.05) is 0 Å². The first-order valence-electron chi connectivity index (χ1n) is 7.97. The molecule has 1 aliphatic heterocycles. The van der Waals surface area contributed by atoms with Crippen LogP contribution in [0.5, 0.6) is 17.2 Å². The van der Waals surface area contributed by atoms with Crippen LogP contribution in [0.4, 0.5) is 0 Å². The number of Topliss-reactive ketones (excluding diaryl/α,β-unsaturated/α-hetero) is 2. The summed E-state index contributed by atoms with van der Waals surface area (Å²) < 4.78 is 21.3. The van der Waals surface area contributed by atoms with Crippen LogP contribution < -0.4 is 14.2 Å². The van der Waals surface area contributed by atoms with Crippen molar-refractivity contribution in [2.45, 2.75) is 25.9 Å². The first-order valence-corrected chi connectivity index (χ1v) is 9.95. The predicted molar refractivity (Wildman–Crippen MR) is 106 cm³/mol. The van der Waals surface area contributed by atoms with Gasteiger partial charge in [0.05, 0.1) is 20.3 Å². The van der Waals surface area contributed by atoms with Crippen LogP contribution in [-0.4, -0.2) is 45.3 Å². The lowest BCUT2D eigenvalue weighted by Crippen LogP contribution is -2.13. The van der Waals surface area contributed by atoms with Gasteiger partial charge in [-0.05, 0) is 13.2 Å². The lowest BCUT2D eigenvalue weighted by Gasteiger charge is -2.13. The molecule has 6 nitrogen and oxygen atoms in total. The molecule has 9 heteroatoms. The van der Waals surface area contributed by atoms with E-state index in [-0.39, 0.29) is 63.3 Å². The van der Waals surface area contributed by atoms with E-state index in [0.717, 1.165) is 0 Å². The molecule has 1 aliphatic rings. The number of benzene rings is 1. The Kier molecular flexibility index (Phi) is 7.45. The Labute approximate surface area is 172 Å². The van der Waals surface area contributed by atoms with Gasteiger partial charge in [-0.25, -0.2) is 0 Å². The highest BCUT2D eigenvalue weighted by Crippen LogP contribution is 2.53. The summed E-state index contributed by atoms with van der Waals surface area (Å²) in [5, 5.41) is 0.152. The van der Waals surface area contributed by atoms with E-state index in [1.165, 1.54) is 33.1 Å². The number of hydrogen-bond donors (Lipinski definition) is 0. The first kappa shape index (κ1) is 21.9. The van der Waals surface area contributed by atoms with Crippen molar-refractivity contribution < 1.29 is 28.5 Å². The van der Waals surface area contributed by atoms with Crippen molar-refractivity contribution in [2.75, 3.05) is 27.6 Å². The molecular weight excluding hydrogens is 415 g/mol. The van der Waals surface area contributed by atoms with E-state index in [9.17, 15) is 9.59 Å². The highest BCUT2D eigenvalue weighted by atomic mass is 35.5. The maximum absolute atomic E-state index is 13.0. The highest BCUT2D eigenvalue weighted by molar-refractivity contribution is 8.02. The van der Waals surface area contributed by atoms with Crippen molar-refractivity contribution in [2.24, 2.45) is 0 Å². The monoisotopic (exact) mass is 434 g/mol. The summed E-state index contributed by atoms with van der Waals surface area (Å²) in [6.45, 7) is 1.80. The first-order chi connectivity index (χ1) is 12.8. The second kappa shape index (κ2) is 9.19. The minimum absolute atomic E-state index is 0.0421.